The van der Waals surface area contributed by atoms with E-state index in [0.29, 0.717) is 0 Å². The molecular weight excluding hydrogens is 480 g/mol. The van der Waals surface area contributed by atoms with Crippen LogP contribution in [0, 0.1) is 0 Å². The zero-order valence-corrected chi connectivity index (χ0v) is 21.5. The Labute approximate surface area is 226 Å². The SMILES string of the molecule is c1ccc(-c2ccc(N(c3ccc(-c4ccccc4)cc3)c3cncc4sc5ccccc5c34)cc2)cc1. The fourth-order valence-corrected chi connectivity index (χ4v) is 6.22. The van der Waals surface area contributed by atoms with E-state index >= 15 is 0 Å². The summed E-state index contributed by atoms with van der Waals surface area (Å²) < 4.78 is 2.46. The predicted octanol–water partition coefficient (Wildman–Crippen LogP) is 10.3. The van der Waals surface area contributed by atoms with E-state index < -0.39 is 0 Å². The van der Waals surface area contributed by atoms with Crippen molar-refractivity contribution in [2.24, 2.45) is 0 Å². The number of aromatic nitrogens is 1. The molecule has 7 rings (SSSR count). The molecule has 0 spiro atoms. The van der Waals surface area contributed by atoms with E-state index in [1.165, 1.54) is 42.4 Å². The molecular formula is C35H24N2S. The number of nitrogens with zero attached hydrogens (tertiary/aromatic N) is 2. The monoisotopic (exact) mass is 504 g/mol. The molecule has 0 aliphatic heterocycles. The first-order valence-electron chi connectivity index (χ1n) is 12.7. The minimum Gasteiger partial charge on any atom is -0.308 e. The van der Waals surface area contributed by atoms with Gasteiger partial charge in [-0.25, -0.2) is 0 Å². The predicted molar refractivity (Wildman–Crippen MR) is 163 cm³/mol. The van der Waals surface area contributed by atoms with Gasteiger partial charge in [-0.05, 0) is 52.6 Å². The lowest BCUT2D eigenvalue weighted by atomic mass is 10.0. The van der Waals surface area contributed by atoms with E-state index in [2.05, 4.69) is 143 Å². The minimum atomic E-state index is 1.08. The highest BCUT2D eigenvalue weighted by Gasteiger charge is 2.19. The van der Waals surface area contributed by atoms with Crippen molar-refractivity contribution < 1.29 is 0 Å². The Hall–Kier alpha value is -4.73. The van der Waals surface area contributed by atoms with Gasteiger partial charge in [0.1, 0.15) is 0 Å². The molecule has 0 N–H and O–H groups in total. The summed E-state index contributed by atoms with van der Waals surface area (Å²) in [4.78, 5) is 7.01. The molecule has 2 nitrogen and oxygen atoms in total. The van der Waals surface area contributed by atoms with E-state index in [1.54, 1.807) is 11.3 Å². The summed E-state index contributed by atoms with van der Waals surface area (Å²) in [5.41, 5.74) is 8.11. The highest BCUT2D eigenvalue weighted by Crippen LogP contribution is 2.44. The molecule has 0 amide bonds. The van der Waals surface area contributed by atoms with Crippen molar-refractivity contribution in [1.29, 1.82) is 0 Å². The molecule has 2 heterocycles. The Morgan fingerprint density at radius 3 is 1.53 bits per heavy atom. The van der Waals surface area contributed by atoms with Gasteiger partial charge < -0.3 is 4.90 Å². The van der Waals surface area contributed by atoms with Crippen molar-refractivity contribution in [3.8, 4) is 22.3 Å². The zero-order valence-electron chi connectivity index (χ0n) is 20.7. The molecule has 7 aromatic rings. The quantitative estimate of drug-likeness (QED) is 0.232. The third-order valence-electron chi connectivity index (χ3n) is 6.97. The molecule has 0 aliphatic carbocycles. The second-order valence-electron chi connectivity index (χ2n) is 9.29. The van der Waals surface area contributed by atoms with Crippen LogP contribution in [0.3, 0.4) is 0 Å². The van der Waals surface area contributed by atoms with Crippen LogP contribution in [0.1, 0.15) is 0 Å². The maximum Gasteiger partial charge on any atom is 0.0738 e. The fourth-order valence-electron chi connectivity index (χ4n) is 5.12. The van der Waals surface area contributed by atoms with Crippen LogP contribution >= 0.6 is 11.3 Å². The third-order valence-corrected chi connectivity index (χ3v) is 8.08. The lowest BCUT2D eigenvalue weighted by molar-refractivity contribution is 1.26. The molecule has 5 aromatic carbocycles. The van der Waals surface area contributed by atoms with E-state index in [1.807, 2.05) is 12.4 Å². The van der Waals surface area contributed by atoms with Crippen molar-refractivity contribution in [1.82, 2.24) is 4.98 Å². The van der Waals surface area contributed by atoms with Gasteiger partial charge in [-0.3, -0.25) is 4.98 Å². The lowest BCUT2D eigenvalue weighted by Crippen LogP contribution is -2.10. The molecule has 0 bridgehead atoms. The maximum absolute atomic E-state index is 4.68. The molecule has 0 atom stereocenters. The smallest absolute Gasteiger partial charge is 0.0738 e. The van der Waals surface area contributed by atoms with Crippen LogP contribution in [-0.4, -0.2) is 4.98 Å². The van der Waals surface area contributed by atoms with Crippen LogP contribution in [0.2, 0.25) is 0 Å². The Morgan fingerprint density at radius 1 is 0.447 bits per heavy atom. The van der Waals surface area contributed by atoms with Crippen LogP contribution in [0.4, 0.5) is 17.1 Å². The van der Waals surface area contributed by atoms with Gasteiger partial charge in [0.25, 0.3) is 0 Å². The number of benzene rings is 5. The second-order valence-corrected chi connectivity index (χ2v) is 10.4. The number of thiophene rings is 1. The summed E-state index contributed by atoms with van der Waals surface area (Å²) >= 11 is 1.79. The zero-order chi connectivity index (χ0) is 25.3. The average molecular weight is 505 g/mol. The Kier molecular flexibility index (Phi) is 5.69. The van der Waals surface area contributed by atoms with E-state index in [9.17, 15) is 0 Å². The number of fused-ring (bicyclic) bond motifs is 3. The van der Waals surface area contributed by atoms with E-state index in [-0.39, 0.29) is 0 Å². The molecule has 38 heavy (non-hydrogen) atoms. The van der Waals surface area contributed by atoms with Crippen molar-refractivity contribution in [2.45, 2.75) is 0 Å². The standard InChI is InChI=1S/C35H24N2S/c1-3-9-25(10-4-1)27-15-19-29(20-16-27)37(30-21-17-28(18-22-30)26-11-5-2-6-12-26)32-23-36-24-34-35(32)31-13-7-8-14-33(31)38-34/h1-24H. The average Bonchev–Trinajstić information content (AvgIpc) is 3.38. The van der Waals surface area contributed by atoms with Crippen LogP contribution < -0.4 is 4.90 Å². The van der Waals surface area contributed by atoms with Gasteiger partial charge in [0.2, 0.25) is 0 Å². The normalized spacial score (nSPS) is 11.2. The molecule has 0 saturated heterocycles. The van der Waals surface area contributed by atoms with Gasteiger partial charge in [0, 0.05) is 33.0 Å². The summed E-state index contributed by atoms with van der Waals surface area (Å²) in [5, 5.41) is 2.50. The van der Waals surface area contributed by atoms with Crippen molar-refractivity contribution >= 4 is 48.6 Å². The third kappa shape index (κ3) is 4.03. The van der Waals surface area contributed by atoms with Gasteiger partial charge in [0.15, 0.2) is 0 Å². The first-order chi connectivity index (χ1) is 18.8. The summed E-state index contributed by atoms with van der Waals surface area (Å²) in [6.07, 6.45) is 3.98. The number of hydrogen-bond acceptors (Lipinski definition) is 3. The first-order valence-corrected chi connectivity index (χ1v) is 13.5. The Morgan fingerprint density at radius 2 is 0.947 bits per heavy atom. The molecule has 0 fully saturated rings. The van der Waals surface area contributed by atoms with Gasteiger partial charge in [-0.1, -0.05) is 103 Å². The summed E-state index contributed by atoms with van der Waals surface area (Å²) in [7, 11) is 0. The topological polar surface area (TPSA) is 16.1 Å². The van der Waals surface area contributed by atoms with Crippen molar-refractivity contribution in [2.75, 3.05) is 4.90 Å². The number of anilines is 3. The largest absolute Gasteiger partial charge is 0.308 e. The number of rotatable bonds is 5. The minimum absolute atomic E-state index is 1.08. The van der Waals surface area contributed by atoms with Gasteiger partial charge in [0.05, 0.1) is 16.6 Å². The molecule has 180 valence electrons. The van der Waals surface area contributed by atoms with Gasteiger partial charge >= 0.3 is 0 Å². The second kappa shape index (κ2) is 9.62. The van der Waals surface area contributed by atoms with Crippen LogP contribution in [-0.2, 0) is 0 Å². The Balaban J connectivity index is 1.40. The van der Waals surface area contributed by atoms with E-state index in [4.69, 9.17) is 0 Å². The first kappa shape index (κ1) is 22.5. The van der Waals surface area contributed by atoms with Crippen LogP contribution in [0.15, 0.2) is 146 Å². The maximum atomic E-state index is 4.68. The lowest BCUT2D eigenvalue weighted by Gasteiger charge is -2.26. The van der Waals surface area contributed by atoms with Crippen molar-refractivity contribution in [3.05, 3.63) is 146 Å². The van der Waals surface area contributed by atoms with Gasteiger partial charge in [-0.15, -0.1) is 11.3 Å². The number of hydrogen-bond donors (Lipinski definition) is 0. The van der Waals surface area contributed by atoms with E-state index in [0.717, 1.165) is 17.1 Å². The molecule has 0 unspecified atom stereocenters. The number of pyridine rings is 1. The molecule has 2 aromatic heterocycles. The molecule has 0 radical (unpaired) electrons. The van der Waals surface area contributed by atoms with Crippen molar-refractivity contribution in [3.63, 3.8) is 0 Å². The molecule has 0 saturated carbocycles. The highest BCUT2D eigenvalue weighted by atomic mass is 32.1. The summed E-state index contributed by atoms with van der Waals surface area (Å²) in [5.74, 6) is 0. The summed E-state index contributed by atoms with van der Waals surface area (Å²) in [6.45, 7) is 0. The van der Waals surface area contributed by atoms with Gasteiger partial charge in [-0.2, -0.15) is 0 Å². The molecule has 3 heteroatoms. The van der Waals surface area contributed by atoms with Crippen LogP contribution in [0.25, 0.3) is 42.4 Å². The summed E-state index contributed by atoms with van der Waals surface area (Å²) in [6, 6.07) is 47.3. The molecule has 0 aliphatic rings. The fraction of sp³-hybridized carbons (Fsp3) is 0. The van der Waals surface area contributed by atoms with Crippen LogP contribution in [0.5, 0.6) is 0 Å². The highest BCUT2D eigenvalue weighted by molar-refractivity contribution is 7.25. The Bertz CT molecular complexity index is 1760.